The van der Waals surface area contributed by atoms with E-state index >= 15 is 0 Å². The lowest BCUT2D eigenvalue weighted by Gasteiger charge is -2.24. The van der Waals surface area contributed by atoms with Gasteiger partial charge in [0.05, 0.1) is 11.5 Å². The van der Waals surface area contributed by atoms with Crippen molar-refractivity contribution in [3.05, 3.63) is 28.8 Å². The molecule has 2 aromatic rings. The molecule has 0 bridgehead atoms. The fraction of sp³-hybridized carbons (Fsp3) is 0.591. The lowest BCUT2D eigenvalue weighted by Crippen LogP contribution is -2.31. The van der Waals surface area contributed by atoms with Gasteiger partial charge in [-0.05, 0) is 36.8 Å². The molecule has 2 aromatic heterocycles. The van der Waals surface area contributed by atoms with Crippen LogP contribution >= 0.6 is 11.3 Å². The van der Waals surface area contributed by atoms with Gasteiger partial charge in [0.2, 0.25) is 5.91 Å². The highest BCUT2D eigenvalue weighted by Gasteiger charge is 2.33. The zero-order valence-electron chi connectivity index (χ0n) is 16.7. The molecule has 0 spiro atoms. The summed E-state index contributed by atoms with van der Waals surface area (Å²) < 4.78 is 0. The number of likely N-dealkylation sites (tertiary alicyclic amines) is 1. The smallest absolute Gasteiger partial charge is 0.261 e. The summed E-state index contributed by atoms with van der Waals surface area (Å²) in [6.45, 7) is 1.58. The van der Waals surface area contributed by atoms with Crippen molar-refractivity contribution in [3.63, 3.8) is 0 Å². The Kier molecular flexibility index (Phi) is 6.45. The first-order chi connectivity index (χ1) is 14.2. The van der Waals surface area contributed by atoms with E-state index in [1.54, 1.807) is 6.20 Å². The predicted molar refractivity (Wildman–Crippen MR) is 114 cm³/mol. The highest BCUT2D eigenvalue weighted by Crippen LogP contribution is 2.39. The van der Waals surface area contributed by atoms with Crippen LogP contribution < -0.4 is 5.32 Å². The fourth-order valence-electron chi connectivity index (χ4n) is 4.76. The molecule has 29 heavy (non-hydrogen) atoms. The van der Waals surface area contributed by atoms with E-state index in [1.807, 2.05) is 17.0 Å². The minimum Gasteiger partial charge on any atom is -0.395 e. The van der Waals surface area contributed by atoms with Crippen LogP contribution in [-0.2, 0) is 4.79 Å². The number of rotatable bonds is 6. The molecular weight excluding hydrogens is 386 g/mol. The second-order valence-electron chi connectivity index (χ2n) is 8.21. The number of aromatic nitrogens is 1. The quantitative estimate of drug-likeness (QED) is 0.758. The lowest BCUT2D eigenvalue weighted by atomic mass is 9.86. The third-order valence-electron chi connectivity index (χ3n) is 6.25. The van der Waals surface area contributed by atoms with Crippen molar-refractivity contribution in [2.24, 2.45) is 5.92 Å². The number of carbonyl (C=O) groups is 2. The fourth-order valence-corrected chi connectivity index (χ4v) is 5.91. The molecule has 1 atom stereocenters. The molecule has 2 fully saturated rings. The number of pyridine rings is 1. The minimum atomic E-state index is -0.163. The van der Waals surface area contributed by atoms with Gasteiger partial charge >= 0.3 is 0 Å². The van der Waals surface area contributed by atoms with E-state index in [-0.39, 0.29) is 30.9 Å². The van der Waals surface area contributed by atoms with Crippen molar-refractivity contribution >= 4 is 33.4 Å². The monoisotopic (exact) mass is 415 g/mol. The van der Waals surface area contributed by atoms with Gasteiger partial charge in [0.1, 0.15) is 4.83 Å². The van der Waals surface area contributed by atoms with E-state index in [9.17, 15) is 9.59 Å². The normalized spacial score (nSPS) is 20.3. The van der Waals surface area contributed by atoms with Gasteiger partial charge < -0.3 is 15.3 Å². The Labute approximate surface area is 175 Å². The first-order valence-electron chi connectivity index (χ1n) is 10.7. The number of fused-ring (bicyclic) bond motifs is 1. The summed E-state index contributed by atoms with van der Waals surface area (Å²) in [6, 6.07) is 3.92. The van der Waals surface area contributed by atoms with Gasteiger partial charge in [-0.2, -0.15) is 0 Å². The number of amides is 2. The minimum absolute atomic E-state index is 0.0862. The van der Waals surface area contributed by atoms with Crippen molar-refractivity contribution in [3.8, 4) is 0 Å². The summed E-state index contributed by atoms with van der Waals surface area (Å²) in [7, 11) is 0. The van der Waals surface area contributed by atoms with E-state index in [0.717, 1.165) is 28.7 Å². The Morgan fingerprint density at radius 1 is 1.24 bits per heavy atom. The Morgan fingerprint density at radius 2 is 2.07 bits per heavy atom. The van der Waals surface area contributed by atoms with Crippen LogP contribution in [-0.4, -0.2) is 53.0 Å². The molecule has 2 amide bonds. The molecule has 1 aliphatic carbocycles. The van der Waals surface area contributed by atoms with Gasteiger partial charge in [0, 0.05) is 43.6 Å². The van der Waals surface area contributed by atoms with Crippen molar-refractivity contribution in [1.82, 2.24) is 15.2 Å². The van der Waals surface area contributed by atoms with Crippen LogP contribution in [0, 0.1) is 5.92 Å². The van der Waals surface area contributed by atoms with Crippen molar-refractivity contribution in [2.75, 3.05) is 26.2 Å². The second kappa shape index (κ2) is 9.22. The number of hydrogen-bond acceptors (Lipinski definition) is 5. The summed E-state index contributed by atoms with van der Waals surface area (Å²) in [5.41, 5.74) is 1.02. The van der Waals surface area contributed by atoms with Crippen molar-refractivity contribution < 1.29 is 14.7 Å². The highest BCUT2D eigenvalue weighted by atomic mass is 32.1. The maximum atomic E-state index is 12.9. The maximum Gasteiger partial charge on any atom is 0.261 e. The lowest BCUT2D eigenvalue weighted by molar-refractivity contribution is -0.131. The summed E-state index contributed by atoms with van der Waals surface area (Å²) in [4.78, 5) is 33.5. The van der Waals surface area contributed by atoms with Crippen LogP contribution in [0.4, 0.5) is 0 Å². The van der Waals surface area contributed by atoms with E-state index in [0.29, 0.717) is 23.8 Å². The Balaban J connectivity index is 1.52. The molecule has 6 nitrogen and oxygen atoms in total. The molecule has 7 heteroatoms. The van der Waals surface area contributed by atoms with E-state index in [4.69, 9.17) is 5.11 Å². The molecule has 1 unspecified atom stereocenters. The van der Waals surface area contributed by atoms with Crippen LogP contribution in [0.1, 0.15) is 66.1 Å². The van der Waals surface area contributed by atoms with Gasteiger partial charge in [-0.15, -0.1) is 11.3 Å². The molecule has 0 radical (unpaired) electrons. The molecule has 156 valence electrons. The summed E-state index contributed by atoms with van der Waals surface area (Å²) >= 11 is 1.40. The number of nitrogens with one attached hydrogen (secondary N) is 1. The van der Waals surface area contributed by atoms with Gasteiger partial charge in [0.15, 0.2) is 0 Å². The van der Waals surface area contributed by atoms with Crippen LogP contribution in [0.25, 0.3) is 10.2 Å². The molecule has 0 aromatic carbocycles. The average molecular weight is 416 g/mol. The third kappa shape index (κ3) is 4.46. The molecule has 1 saturated carbocycles. The first-order valence-corrected chi connectivity index (χ1v) is 11.5. The standard InChI is InChI=1S/C22H29N3O3S/c26-12-10-23-21(28)20-19(17-7-4-9-24-22(17)29-20)16-8-11-25(14-16)18(27)13-15-5-2-1-3-6-15/h4,7,9,15-16,26H,1-3,5-6,8,10-14H2,(H,23,28). The van der Waals surface area contributed by atoms with Gasteiger partial charge in [-0.1, -0.05) is 25.3 Å². The molecule has 3 heterocycles. The van der Waals surface area contributed by atoms with Gasteiger partial charge in [-0.25, -0.2) is 4.98 Å². The Hall–Kier alpha value is -1.99. The molecule has 1 aliphatic heterocycles. The van der Waals surface area contributed by atoms with Crippen molar-refractivity contribution in [2.45, 2.75) is 50.9 Å². The molecule has 2 N–H and O–H groups in total. The Morgan fingerprint density at radius 3 is 2.86 bits per heavy atom. The SMILES string of the molecule is O=C(NCCO)c1sc2ncccc2c1C1CCN(C(=O)CC2CCCCC2)C1. The zero-order valence-corrected chi connectivity index (χ0v) is 17.5. The average Bonchev–Trinajstić information content (AvgIpc) is 3.37. The predicted octanol–water partition coefficient (Wildman–Crippen LogP) is 3.30. The number of carbonyl (C=O) groups excluding carboxylic acids is 2. The van der Waals surface area contributed by atoms with Crippen LogP contribution in [0.5, 0.6) is 0 Å². The number of aliphatic hydroxyl groups is 1. The number of nitrogens with zero attached hydrogens (tertiary/aromatic N) is 2. The van der Waals surface area contributed by atoms with E-state index < -0.39 is 0 Å². The summed E-state index contributed by atoms with van der Waals surface area (Å²) in [5.74, 6) is 0.798. The largest absolute Gasteiger partial charge is 0.395 e. The van der Waals surface area contributed by atoms with E-state index in [1.165, 1.54) is 43.4 Å². The Bertz CT molecular complexity index is 875. The maximum absolute atomic E-state index is 12.9. The first kappa shape index (κ1) is 20.3. The van der Waals surface area contributed by atoms with Gasteiger partial charge in [-0.3, -0.25) is 9.59 Å². The topological polar surface area (TPSA) is 82.5 Å². The van der Waals surface area contributed by atoms with Crippen molar-refractivity contribution in [1.29, 1.82) is 0 Å². The molecular formula is C22H29N3O3S. The highest BCUT2D eigenvalue weighted by molar-refractivity contribution is 7.20. The summed E-state index contributed by atoms with van der Waals surface area (Å²) in [6.07, 6.45) is 9.45. The summed E-state index contributed by atoms with van der Waals surface area (Å²) in [5, 5.41) is 12.8. The van der Waals surface area contributed by atoms with Gasteiger partial charge in [0.25, 0.3) is 5.91 Å². The van der Waals surface area contributed by atoms with Crippen LogP contribution in [0.3, 0.4) is 0 Å². The number of aliphatic hydroxyl groups excluding tert-OH is 1. The van der Waals surface area contributed by atoms with Crippen LogP contribution in [0.2, 0.25) is 0 Å². The van der Waals surface area contributed by atoms with E-state index in [2.05, 4.69) is 10.3 Å². The number of thiophene rings is 1. The zero-order chi connectivity index (χ0) is 20.2. The molecule has 2 aliphatic rings. The second-order valence-corrected chi connectivity index (χ2v) is 9.21. The number of hydrogen-bond donors (Lipinski definition) is 2. The molecule has 4 rings (SSSR count). The van der Waals surface area contributed by atoms with Crippen LogP contribution in [0.15, 0.2) is 18.3 Å². The third-order valence-corrected chi connectivity index (χ3v) is 7.37. The molecule has 1 saturated heterocycles.